The topological polar surface area (TPSA) is 9.23 Å². The lowest BCUT2D eigenvalue weighted by Crippen LogP contribution is -2.32. The molecule has 0 atom stereocenters. The van der Waals surface area contributed by atoms with E-state index in [1.54, 1.807) is 7.11 Å². The van der Waals surface area contributed by atoms with Crippen LogP contribution in [0.15, 0.2) is 109 Å². The third-order valence-electron chi connectivity index (χ3n) is 5.86. The number of hydrogen-bond donors (Lipinski definition) is 0. The lowest BCUT2D eigenvalue weighted by atomic mass is 10.0. The van der Waals surface area contributed by atoms with Gasteiger partial charge in [-0.2, -0.15) is 0 Å². The van der Waals surface area contributed by atoms with E-state index in [2.05, 4.69) is 116 Å². The molecule has 0 aliphatic heterocycles. The van der Waals surface area contributed by atoms with E-state index in [-0.39, 0.29) is 0 Å². The van der Waals surface area contributed by atoms with Crippen LogP contribution in [0.1, 0.15) is 16.7 Å². The van der Waals surface area contributed by atoms with Gasteiger partial charge in [-0.05, 0) is 60.0 Å². The maximum Gasteiger partial charge on any atom is 0.116 e. The maximum atomic E-state index is 5.46. The highest BCUT2D eigenvalue weighted by Crippen LogP contribution is 2.58. The Labute approximate surface area is 180 Å². The third-order valence-corrected chi connectivity index (χ3v) is 10.2. The van der Waals surface area contributed by atoms with Crippen LogP contribution in [0.3, 0.4) is 0 Å². The highest BCUT2D eigenvalue weighted by atomic mass is 31.2. The molecule has 30 heavy (non-hydrogen) atoms. The molecule has 4 aromatic carbocycles. The van der Waals surface area contributed by atoms with Crippen molar-refractivity contribution in [3.63, 3.8) is 0 Å². The van der Waals surface area contributed by atoms with E-state index in [1.165, 1.54) is 32.6 Å². The molecule has 0 saturated carbocycles. The van der Waals surface area contributed by atoms with Crippen LogP contribution in [-0.2, 0) is 17.5 Å². The fraction of sp³-hybridized carbons (Fsp3) is 0.143. The lowest BCUT2D eigenvalue weighted by Gasteiger charge is -2.28. The molecule has 0 radical (unpaired) electrons. The van der Waals surface area contributed by atoms with Gasteiger partial charge in [0.1, 0.15) is 23.2 Å². The van der Waals surface area contributed by atoms with Gasteiger partial charge in [-0.25, -0.2) is 0 Å². The van der Waals surface area contributed by atoms with Gasteiger partial charge in [-0.3, -0.25) is 0 Å². The van der Waals surface area contributed by atoms with E-state index in [1.807, 2.05) is 0 Å². The van der Waals surface area contributed by atoms with Crippen molar-refractivity contribution in [2.45, 2.75) is 19.7 Å². The van der Waals surface area contributed by atoms with Crippen LogP contribution in [0, 0.1) is 6.92 Å². The summed E-state index contributed by atoms with van der Waals surface area (Å²) in [5.41, 5.74) is 4.00. The summed E-state index contributed by atoms with van der Waals surface area (Å²) >= 11 is 0. The van der Waals surface area contributed by atoms with Crippen LogP contribution in [0.2, 0.25) is 0 Å². The Balaban J connectivity index is 1.98. The van der Waals surface area contributed by atoms with E-state index in [0.29, 0.717) is 6.61 Å². The maximum absolute atomic E-state index is 5.46. The predicted molar refractivity (Wildman–Crippen MR) is 131 cm³/mol. The highest BCUT2D eigenvalue weighted by molar-refractivity contribution is 7.95. The Kier molecular flexibility index (Phi) is 6.43. The first-order valence-corrected chi connectivity index (χ1v) is 12.3. The molecule has 0 fully saturated rings. The summed E-state index contributed by atoms with van der Waals surface area (Å²) in [4.78, 5) is 0. The molecule has 0 N–H and O–H groups in total. The second kappa shape index (κ2) is 9.39. The molecule has 0 heterocycles. The van der Waals surface area contributed by atoms with Gasteiger partial charge in [-0.1, -0.05) is 72.8 Å². The zero-order valence-corrected chi connectivity index (χ0v) is 18.6. The molecule has 0 bridgehead atoms. The molecule has 4 rings (SSSR count). The van der Waals surface area contributed by atoms with Gasteiger partial charge in [-0.15, -0.1) is 0 Å². The average Bonchev–Trinajstić information content (AvgIpc) is 2.82. The van der Waals surface area contributed by atoms with Gasteiger partial charge in [0.05, 0.1) is 12.8 Å². The number of rotatable bonds is 7. The monoisotopic (exact) mass is 411 g/mol. The molecule has 0 aromatic heterocycles. The summed E-state index contributed by atoms with van der Waals surface area (Å²) in [5, 5.41) is 4.25. The Morgan fingerprint density at radius 1 is 0.567 bits per heavy atom. The zero-order chi connectivity index (χ0) is 20.8. The van der Waals surface area contributed by atoms with Crippen LogP contribution in [0.5, 0.6) is 0 Å². The van der Waals surface area contributed by atoms with Crippen molar-refractivity contribution in [3.05, 3.63) is 126 Å². The minimum Gasteiger partial charge on any atom is -0.380 e. The first-order chi connectivity index (χ1) is 14.8. The Morgan fingerprint density at radius 3 is 1.43 bits per heavy atom. The summed E-state index contributed by atoms with van der Waals surface area (Å²) in [5.74, 6) is 0. The molecule has 0 saturated heterocycles. The van der Waals surface area contributed by atoms with Gasteiger partial charge in [0, 0.05) is 7.11 Å². The van der Waals surface area contributed by atoms with Crippen molar-refractivity contribution in [1.82, 2.24) is 0 Å². The molecular weight excluding hydrogens is 383 g/mol. The summed E-state index contributed by atoms with van der Waals surface area (Å²) in [6.45, 7) is 2.88. The van der Waals surface area contributed by atoms with Crippen LogP contribution < -0.4 is 15.9 Å². The second-order valence-corrected chi connectivity index (χ2v) is 11.1. The fourth-order valence-corrected chi connectivity index (χ4v) is 8.58. The van der Waals surface area contributed by atoms with Crippen LogP contribution in [0.25, 0.3) is 0 Å². The van der Waals surface area contributed by atoms with Crippen molar-refractivity contribution in [2.75, 3.05) is 7.11 Å². The standard InChI is InChI=1S/C28H28OP/c1-23-24(21-29-2)13-12-14-25(23)22-30(26-15-6-3-7-16-26,27-17-8-4-9-18-27)28-19-10-5-11-20-28/h3-20H,21-22H2,1-2H3/q+1. The fourth-order valence-electron chi connectivity index (χ4n) is 4.24. The molecular formula is C28H28OP+. The van der Waals surface area contributed by atoms with Gasteiger partial charge >= 0.3 is 0 Å². The smallest absolute Gasteiger partial charge is 0.116 e. The normalized spacial score (nSPS) is 11.4. The predicted octanol–water partition coefficient (Wildman–Crippen LogP) is 5.64. The van der Waals surface area contributed by atoms with E-state index < -0.39 is 7.26 Å². The number of hydrogen-bond acceptors (Lipinski definition) is 1. The van der Waals surface area contributed by atoms with Crippen molar-refractivity contribution in [2.24, 2.45) is 0 Å². The lowest BCUT2D eigenvalue weighted by molar-refractivity contribution is 0.184. The minimum absolute atomic E-state index is 0.646. The molecule has 2 heteroatoms. The molecule has 150 valence electrons. The Bertz CT molecular complexity index is 979. The molecule has 0 spiro atoms. The highest BCUT2D eigenvalue weighted by Gasteiger charge is 2.45. The van der Waals surface area contributed by atoms with Crippen molar-refractivity contribution in [3.8, 4) is 0 Å². The average molecular weight is 412 g/mol. The zero-order valence-electron chi connectivity index (χ0n) is 17.7. The van der Waals surface area contributed by atoms with Crippen molar-refractivity contribution in [1.29, 1.82) is 0 Å². The minimum atomic E-state index is -1.88. The number of ether oxygens (including phenoxy) is 1. The largest absolute Gasteiger partial charge is 0.380 e. The molecule has 0 amide bonds. The number of benzene rings is 4. The molecule has 0 aliphatic carbocycles. The van der Waals surface area contributed by atoms with Crippen molar-refractivity contribution < 1.29 is 4.74 Å². The van der Waals surface area contributed by atoms with Gasteiger partial charge in [0.25, 0.3) is 0 Å². The summed E-state index contributed by atoms with van der Waals surface area (Å²) in [6, 6.07) is 39.8. The summed E-state index contributed by atoms with van der Waals surface area (Å²) < 4.78 is 5.46. The first-order valence-electron chi connectivity index (χ1n) is 10.4. The quantitative estimate of drug-likeness (QED) is 0.358. The van der Waals surface area contributed by atoms with E-state index >= 15 is 0 Å². The number of methoxy groups -OCH3 is 1. The first kappa shape index (κ1) is 20.5. The second-order valence-electron chi connectivity index (χ2n) is 7.61. The van der Waals surface area contributed by atoms with Crippen molar-refractivity contribution >= 4 is 23.2 Å². The SMILES string of the molecule is COCc1cccc(C[P+](c2ccccc2)(c2ccccc2)c2ccccc2)c1C. The van der Waals surface area contributed by atoms with Crippen LogP contribution in [0.4, 0.5) is 0 Å². The summed E-state index contributed by atoms with van der Waals surface area (Å²) in [6.07, 6.45) is 0.994. The molecule has 0 aliphatic rings. The van der Waals surface area contributed by atoms with E-state index in [9.17, 15) is 0 Å². The van der Waals surface area contributed by atoms with Crippen LogP contribution in [-0.4, -0.2) is 7.11 Å². The van der Waals surface area contributed by atoms with E-state index in [4.69, 9.17) is 4.74 Å². The third kappa shape index (κ3) is 3.97. The van der Waals surface area contributed by atoms with Gasteiger partial charge < -0.3 is 4.74 Å². The molecule has 0 unspecified atom stereocenters. The Hall–Kier alpha value is -2.73. The Morgan fingerprint density at radius 2 is 1.00 bits per heavy atom. The molecule has 4 aromatic rings. The van der Waals surface area contributed by atoms with Gasteiger partial charge in [0.15, 0.2) is 0 Å². The van der Waals surface area contributed by atoms with Gasteiger partial charge in [0.2, 0.25) is 0 Å². The summed E-state index contributed by atoms with van der Waals surface area (Å²) in [7, 11) is -0.117. The van der Waals surface area contributed by atoms with Crippen LogP contribution >= 0.6 is 7.26 Å². The van der Waals surface area contributed by atoms with E-state index in [0.717, 1.165) is 6.16 Å². The molecule has 1 nitrogen and oxygen atoms in total.